The summed E-state index contributed by atoms with van der Waals surface area (Å²) < 4.78 is 5.46. The number of nitrogens with zero attached hydrogens (tertiary/aromatic N) is 3. The van der Waals surface area contributed by atoms with E-state index >= 15 is 0 Å². The molecule has 0 atom stereocenters. The van der Waals surface area contributed by atoms with Crippen molar-refractivity contribution in [3.8, 4) is 11.1 Å². The van der Waals surface area contributed by atoms with Crippen LogP contribution in [0.4, 0.5) is 5.95 Å². The van der Waals surface area contributed by atoms with Gasteiger partial charge < -0.3 is 15.8 Å². The molecule has 3 N–H and O–H groups in total. The van der Waals surface area contributed by atoms with E-state index in [2.05, 4.69) is 34.0 Å². The molecule has 1 aliphatic rings. The summed E-state index contributed by atoms with van der Waals surface area (Å²) in [4.78, 5) is 23.2. The molecule has 0 aliphatic carbocycles. The van der Waals surface area contributed by atoms with Crippen molar-refractivity contribution in [3.05, 3.63) is 53.7 Å². The predicted octanol–water partition coefficient (Wildman–Crippen LogP) is 3.23. The molecular weight excluding hydrogens is 390 g/mol. The molecule has 0 spiro atoms. The van der Waals surface area contributed by atoms with Gasteiger partial charge >= 0.3 is 0 Å². The number of nitrogens with one attached hydrogen (secondary N) is 1. The molecule has 1 aromatic heterocycles. The van der Waals surface area contributed by atoms with Gasteiger partial charge in [-0.1, -0.05) is 12.1 Å². The fourth-order valence-corrected chi connectivity index (χ4v) is 3.95. The minimum Gasteiger partial charge on any atom is -0.379 e. The lowest BCUT2D eigenvalue weighted by Gasteiger charge is -2.40. The maximum Gasteiger partial charge on any atom is 0.248 e. The number of morpholine rings is 1. The van der Waals surface area contributed by atoms with Crippen LogP contribution >= 0.6 is 0 Å². The molecule has 162 valence electrons. The van der Waals surface area contributed by atoms with Gasteiger partial charge in [-0.25, -0.2) is 9.97 Å². The fraction of sp³-hybridized carbons (Fsp3) is 0.375. The van der Waals surface area contributed by atoms with Gasteiger partial charge in [0.2, 0.25) is 11.9 Å². The van der Waals surface area contributed by atoms with Crippen molar-refractivity contribution < 1.29 is 9.53 Å². The average Bonchev–Trinajstić information content (AvgIpc) is 2.78. The topological polar surface area (TPSA) is 93.4 Å². The molecule has 2 heterocycles. The fourth-order valence-electron chi connectivity index (χ4n) is 3.95. The number of primary amides is 1. The van der Waals surface area contributed by atoms with E-state index in [0.29, 0.717) is 11.5 Å². The van der Waals surface area contributed by atoms with E-state index in [4.69, 9.17) is 10.5 Å². The van der Waals surface area contributed by atoms with Crippen molar-refractivity contribution in [3.63, 3.8) is 0 Å². The number of hydrogen-bond donors (Lipinski definition) is 2. The molecule has 3 aromatic rings. The molecular formula is C24H29N5O2. The van der Waals surface area contributed by atoms with E-state index in [1.54, 1.807) is 6.07 Å². The molecule has 1 amide bonds. The van der Waals surface area contributed by atoms with Crippen molar-refractivity contribution in [2.45, 2.75) is 26.3 Å². The quantitative estimate of drug-likeness (QED) is 0.637. The van der Waals surface area contributed by atoms with Gasteiger partial charge in [-0.3, -0.25) is 9.69 Å². The third kappa shape index (κ3) is 4.68. The Hall–Kier alpha value is -3.03. The van der Waals surface area contributed by atoms with E-state index in [1.807, 2.05) is 43.5 Å². The molecule has 1 aliphatic heterocycles. The summed E-state index contributed by atoms with van der Waals surface area (Å²) in [6.45, 7) is 10.6. The van der Waals surface area contributed by atoms with E-state index in [1.165, 1.54) is 0 Å². The second-order valence-corrected chi connectivity index (χ2v) is 8.63. The van der Waals surface area contributed by atoms with Crippen LogP contribution in [0.1, 0.15) is 29.8 Å². The molecule has 0 unspecified atom stereocenters. The number of nitrogens with two attached hydrogens (primary N) is 1. The van der Waals surface area contributed by atoms with Crippen LogP contribution in [-0.4, -0.2) is 59.2 Å². The maximum atomic E-state index is 11.6. The highest BCUT2D eigenvalue weighted by molar-refractivity contribution is 5.95. The maximum absolute atomic E-state index is 11.6. The zero-order chi connectivity index (χ0) is 22.0. The standard InChI is InChI=1S/C24H29N5O2/c1-16-4-5-18(22(25)30)13-20(16)17-6-7-21-19(12-17)14-26-23(28-21)27-15-24(2,3)29-8-10-31-11-9-29/h4-7,12-14H,8-11,15H2,1-3H3,(H2,25,30)(H,26,27,28). The Morgan fingerprint density at radius 2 is 1.97 bits per heavy atom. The lowest BCUT2D eigenvalue weighted by Crippen LogP contribution is -2.53. The molecule has 31 heavy (non-hydrogen) atoms. The van der Waals surface area contributed by atoms with Crippen LogP contribution < -0.4 is 11.1 Å². The summed E-state index contributed by atoms with van der Waals surface area (Å²) in [5, 5.41) is 4.34. The first kappa shape index (κ1) is 21.2. The number of aryl methyl sites for hydroxylation is 1. The van der Waals surface area contributed by atoms with Crippen LogP contribution in [-0.2, 0) is 4.74 Å². The number of benzene rings is 2. The lowest BCUT2D eigenvalue weighted by atomic mass is 9.97. The normalized spacial score (nSPS) is 15.2. The van der Waals surface area contributed by atoms with Crippen LogP contribution in [0.5, 0.6) is 0 Å². The van der Waals surface area contributed by atoms with Gasteiger partial charge in [0, 0.05) is 42.3 Å². The summed E-state index contributed by atoms with van der Waals surface area (Å²) >= 11 is 0. The first-order chi connectivity index (χ1) is 14.8. The SMILES string of the molecule is Cc1ccc(C(N)=O)cc1-c1ccc2nc(NCC(C)(C)N3CCOCC3)ncc2c1. The highest BCUT2D eigenvalue weighted by atomic mass is 16.5. The average molecular weight is 420 g/mol. The molecule has 2 aromatic carbocycles. The summed E-state index contributed by atoms with van der Waals surface area (Å²) in [5.41, 5.74) is 9.86. The summed E-state index contributed by atoms with van der Waals surface area (Å²) in [7, 11) is 0. The van der Waals surface area contributed by atoms with Gasteiger partial charge in [0.15, 0.2) is 0 Å². The van der Waals surface area contributed by atoms with Crippen molar-refractivity contribution >= 4 is 22.8 Å². The number of hydrogen-bond acceptors (Lipinski definition) is 6. The number of ether oxygens (including phenoxy) is 1. The Labute approximate surface area is 182 Å². The number of rotatable bonds is 6. The van der Waals surface area contributed by atoms with Gasteiger partial charge in [0.25, 0.3) is 0 Å². The first-order valence-corrected chi connectivity index (χ1v) is 10.6. The number of aromatic nitrogens is 2. The van der Waals surface area contributed by atoms with E-state index in [0.717, 1.165) is 60.4 Å². The lowest BCUT2D eigenvalue weighted by molar-refractivity contribution is -0.00572. The molecule has 1 fully saturated rings. The molecule has 0 radical (unpaired) electrons. The number of carbonyl (C=O) groups excluding carboxylic acids is 1. The minimum absolute atomic E-state index is 0.0189. The molecule has 7 heteroatoms. The monoisotopic (exact) mass is 419 g/mol. The van der Waals surface area contributed by atoms with Crippen molar-refractivity contribution in [1.29, 1.82) is 0 Å². The van der Waals surface area contributed by atoms with Gasteiger partial charge in [0.1, 0.15) is 0 Å². The largest absolute Gasteiger partial charge is 0.379 e. The Morgan fingerprint density at radius 1 is 1.19 bits per heavy atom. The second kappa shape index (κ2) is 8.61. The zero-order valence-corrected chi connectivity index (χ0v) is 18.3. The zero-order valence-electron chi connectivity index (χ0n) is 18.3. The highest BCUT2D eigenvalue weighted by Crippen LogP contribution is 2.28. The van der Waals surface area contributed by atoms with E-state index in [9.17, 15) is 4.79 Å². The minimum atomic E-state index is -0.430. The van der Waals surface area contributed by atoms with Gasteiger partial charge in [-0.2, -0.15) is 0 Å². The van der Waals surface area contributed by atoms with Crippen LogP contribution in [0.2, 0.25) is 0 Å². The summed E-state index contributed by atoms with van der Waals surface area (Å²) in [6, 6.07) is 11.6. The van der Waals surface area contributed by atoms with E-state index < -0.39 is 5.91 Å². The van der Waals surface area contributed by atoms with Crippen molar-refractivity contribution in [2.75, 3.05) is 38.2 Å². The third-order valence-electron chi connectivity index (χ3n) is 5.96. The number of anilines is 1. The van der Waals surface area contributed by atoms with Crippen molar-refractivity contribution in [2.24, 2.45) is 5.73 Å². The predicted molar refractivity (Wildman–Crippen MR) is 123 cm³/mol. The van der Waals surface area contributed by atoms with Gasteiger partial charge in [-0.15, -0.1) is 0 Å². The smallest absolute Gasteiger partial charge is 0.248 e. The van der Waals surface area contributed by atoms with Crippen LogP contribution in [0.3, 0.4) is 0 Å². The third-order valence-corrected chi connectivity index (χ3v) is 5.96. The van der Waals surface area contributed by atoms with Crippen LogP contribution in [0.15, 0.2) is 42.6 Å². The molecule has 4 rings (SSSR count). The summed E-state index contributed by atoms with van der Waals surface area (Å²) in [6.07, 6.45) is 1.84. The summed E-state index contributed by atoms with van der Waals surface area (Å²) in [5.74, 6) is 0.189. The Morgan fingerprint density at radius 3 is 2.71 bits per heavy atom. The van der Waals surface area contributed by atoms with Crippen LogP contribution in [0.25, 0.3) is 22.0 Å². The Kier molecular flexibility index (Phi) is 5.89. The second-order valence-electron chi connectivity index (χ2n) is 8.63. The number of fused-ring (bicyclic) bond motifs is 1. The van der Waals surface area contributed by atoms with Gasteiger partial charge in [-0.05, 0) is 61.7 Å². The van der Waals surface area contributed by atoms with E-state index in [-0.39, 0.29) is 5.54 Å². The number of amides is 1. The number of carbonyl (C=O) groups is 1. The first-order valence-electron chi connectivity index (χ1n) is 10.6. The molecule has 7 nitrogen and oxygen atoms in total. The Balaban J connectivity index is 1.53. The molecule has 1 saturated heterocycles. The molecule has 0 bridgehead atoms. The molecule has 0 saturated carbocycles. The van der Waals surface area contributed by atoms with Gasteiger partial charge in [0.05, 0.1) is 18.7 Å². The highest BCUT2D eigenvalue weighted by Gasteiger charge is 2.28. The Bertz CT molecular complexity index is 1110. The van der Waals surface area contributed by atoms with Crippen LogP contribution in [0, 0.1) is 6.92 Å². The van der Waals surface area contributed by atoms with Crippen molar-refractivity contribution in [1.82, 2.24) is 14.9 Å².